The molecule has 4 rings (SSSR count). The molecule has 0 nitrogen and oxygen atoms in total. The van der Waals surface area contributed by atoms with Gasteiger partial charge in [-0.15, -0.1) is 0 Å². The summed E-state index contributed by atoms with van der Waals surface area (Å²) >= 11 is 0. The topological polar surface area (TPSA) is 0 Å². The fraction of sp³-hybridized carbons (Fsp3) is 0.214. The van der Waals surface area contributed by atoms with Crippen molar-refractivity contribution in [3.63, 3.8) is 0 Å². The number of rotatable bonds is 4. The molecule has 0 spiro atoms. The zero-order valence-corrected chi connectivity index (χ0v) is 20.5. The zero-order chi connectivity index (χ0) is 20.8. The predicted octanol–water partition coefficient (Wildman–Crippen LogP) is 7.24. The van der Waals surface area contributed by atoms with Gasteiger partial charge < -0.3 is 0 Å². The molecule has 0 saturated heterocycles. The zero-order valence-electron chi connectivity index (χ0n) is 18.5. The van der Waals surface area contributed by atoms with E-state index in [9.17, 15) is 0 Å². The number of hydrogen-bond donors (Lipinski definition) is 0. The summed E-state index contributed by atoms with van der Waals surface area (Å²) in [5.41, 5.74) is 7.39. The number of aryl methyl sites for hydroxylation is 4. The Hall–Kier alpha value is -1.91. The number of hydrogen-bond acceptors (Lipinski definition) is 0. The maximum Gasteiger partial charge on any atom is 2.00 e. The van der Waals surface area contributed by atoms with Crippen LogP contribution < -0.4 is 10.6 Å². The molecule has 1 atom stereocenters. The van der Waals surface area contributed by atoms with Crippen LogP contribution in [0.3, 0.4) is 0 Å². The van der Waals surface area contributed by atoms with Crippen molar-refractivity contribution in [1.82, 2.24) is 0 Å². The van der Waals surface area contributed by atoms with Crippen LogP contribution in [0, 0.1) is 27.7 Å². The molecule has 4 aromatic carbocycles. The molecule has 0 radical (unpaired) electrons. The van der Waals surface area contributed by atoms with Crippen LogP contribution in [0.2, 0.25) is 0 Å². The summed E-state index contributed by atoms with van der Waals surface area (Å²) in [4.78, 5) is 0. The van der Waals surface area contributed by atoms with E-state index in [4.69, 9.17) is 0 Å². The summed E-state index contributed by atoms with van der Waals surface area (Å²) in [5, 5.41) is 2.97. The Morgan fingerprint density at radius 1 is 0.667 bits per heavy atom. The minimum atomic E-state index is -0.427. The van der Waals surface area contributed by atoms with Crippen molar-refractivity contribution in [2.45, 2.75) is 40.3 Å². The maximum atomic E-state index is 2.39. The van der Waals surface area contributed by atoms with Gasteiger partial charge >= 0.3 is 17.1 Å². The largest absolute Gasteiger partial charge is 2.00 e. The van der Waals surface area contributed by atoms with Gasteiger partial charge in [-0.3, -0.25) is 0 Å². The Kier molecular flexibility index (Phi) is 9.32. The van der Waals surface area contributed by atoms with Gasteiger partial charge in [-0.2, -0.15) is 35.9 Å². The van der Waals surface area contributed by atoms with E-state index >= 15 is 0 Å². The second-order valence-corrected chi connectivity index (χ2v) is 10.5. The molecule has 30 heavy (non-hydrogen) atoms. The quantitative estimate of drug-likeness (QED) is 0.173. The maximum absolute atomic E-state index is 2.39. The van der Waals surface area contributed by atoms with Gasteiger partial charge in [0.15, 0.2) is 0 Å². The van der Waals surface area contributed by atoms with Gasteiger partial charge in [0.25, 0.3) is 0 Å². The van der Waals surface area contributed by atoms with Gasteiger partial charge in [-0.1, -0.05) is 65.6 Å². The molecule has 0 unspecified atom stereocenters. The summed E-state index contributed by atoms with van der Waals surface area (Å²) in [6.45, 7) is 11.2. The Morgan fingerprint density at radius 2 is 1.13 bits per heavy atom. The molecule has 0 aliphatic carbocycles. The van der Waals surface area contributed by atoms with Gasteiger partial charge in [-0.05, 0) is 51.9 Å². The van der Waals surface area contributed by atoms with Crippen LogP contribution in [-0.4, -0.2) is 0 Å². The first kappa shape index (κ1) is 24.4. The molecular weight excluding hydrogens is 423 g/mol. The molecule has 0 fully saturated rings. The molecule has 0 aromatic heterocycles. The molecule has 0 amide bonds. The fourth-order valence-corrected chi connectivity index (χ4v) is 6.95. The average molecular weight is 454 g/mol. The molecule has 0 aliphatic rings. The summed E-state index contributed by atoms with van der Waals surface area (Å²) in [7, 11) is -0.427. The van der Waals surface area contributed by atoms with Crippen molar-refractivity contribution in [2.24, 2.45) is 0 Å². The summed E-state index contributed by atoms with van der Waals surface area (Å²) < 4.78 is 0. The Bertz CT molecular complexity index is 904. The van der Waals surface area contributed by atoms with Gasteiger partial charge in [0.2, 0.25) is 0 Å². The second kappa shape index (κ2) is 11.5. The van der Waals surface area contributed by atoms with Crippen LogP contribution in [0.4, 0.5) is 0 Å². The number of benzene rings is 2. The Labute approximate surface area is 194 Å². The fourth-order valence-electron chi connectivity index (χ4n) is 3.91. The minimum absolute atomic E-state index is 0. The van der Waals surface area contributed by atoms with Gasteiger partial charge in [-0.25, -0.2) is 24.3 Å². The molecule has 0 N–H and O–H groups in total. The van der Waals surface area contributed by atoms with E-state index in [1.54, 1.807) is 0 Å². The predicted molar refractivity (Wildman–Crippen MR) is 131 cm³/mol. The van der Waals surface area contributed by atoms with Crippen LogP contribution in [0.5, 0.6) is 0 Å². The molecular formula is C28H31FeP. The third-order valence-electron chi connectivity index (χ3n) is 5.08. The SMILES string of the molecule is Cc1cc(C)cc(P(c2cc(C)cc(C)c2)[C@H](C)c2ccc[cH-]2)c1.[Fe+2].c1cc[cH-]c1. The van der Waals surface area contributed by atoms with E-state index in [0.29, 0.717) is 5.66 Å². The van der Waals surface area contributed by atoms with Crippen molar-refractivity contribution >= 4 is 18.5 Å². The van der Waals surface area contributed by atoms with Crippen LogP contribution in [0.15, 0.2) is 91.0 Å². The minimum Gasteiger partial charge on any atom is -0.214 e. The van der Waals surface area contributed by atoms with E-state index in [1.165, 1.54) is 38.4 Å². The standard InChI is InChI=1S/C23H26P.C5H5.Fe/c1-16-10-17(2)13-22(12-16)24(20(5)21-8-6-7-9-21)23-14-18(3)11-19(4)15-23;1-2-4-5-3-1;/h6-15,20H,1-5H3;1-5H;/q2*-1;+2/t20-;;/m1../s1. The molecule has 4 aromatic rings. The van der Waals surface area contributed by atoms with Gasteiger partial charge in [0.05, 0.1) is 0 Å². The summed E-state index contributed by atoms with van der Waals surface area (Å²) in [6.07, 6.45) is 0. The van der Waals surface area contributed by atoms with E-state index in [-0.39, 0.29) is 17.1 Å². The third-order valence-corrected chi connectivity index (χ3v) is 7.78. The first-order chi connectivity index (χ1) is 13.9. The molecule has 2 heteroatoms. The van der Waals surface area contributed by atoms with E-state index in [2.05, 4.69) is 95.3 Å². The van der Waals surface area contributed by atoms with Crippen molar-refractivity contribution in [3.8, 4) is 0 Å². The molecule has 0 bridgehead atoms. The van der Waals surface area contributed by atoms with Crippen LogP contribution >= 0.6 is 7.92 Å². The van der Waals surface area contributed by atoms with Crippen LogP contribution in [-0.2, 0) is 17.1 Å². The first-order valence-electron chi connectivity index (χ1n) is 10.3. The van der Waals surface area contributed by atoms with Crippen molar-refractivity contribution in [3.05, 3.63) is 119 Å². The van der Waals surface area contributed by atoms with Gasteiger partial charge in [0.1, 0.15) is 0 Å². The molecule has 0 heterocycles. The van der Waals surface area contributed by atoms with E-state index < -0.39 is 7.92 Å². The summed E-state index contributed by atoms with van der Waals surface area (Å²) in [6, 6.07) is 32.9. The third kappa shape index (κ3) is 6.55. The van der Waals surface area contributed by atoms with Crippen molar-refractivity contribution in [2.75, 3.05) is 0 Å². The van der Waals surface area contributed by atoms with Gasteiger partial charge in [0, 0.05) is 0 Å². The second-order valence-electron chi connectivity index (χ2n) is 7.92. The monoisotopic (exact) mass is 454 g/mol. The van der Waals surface area contributed by atoms with Crippen molar-refractivity contribution < 1.29 is 17.1 Å². The van der Waals surface area contributed by atoms with Crippen LogP contribution in [0.1, 0.15) is 40.4 Å². The smallest absolute Gasteiger partial charge is 0.214 e. The van der Waals surface area contributed by atoms with E-state index in [0.717, 1.165) is 0 Å². The molecule has 0 aliphatic heterocycles. The Morgan fingerprint density at radius 3 is 1.47 bits per heavy atom. The molecule has 156 valence electrons. The van der Waals surface area contributed by atoms with Crippen LogP contribution in [0.25, 0.3) is 0 Å². The normalized spacial score (nSPS) is 11.4. The summed E-state index contributed by atoms with van der Waals surface area (Å²) in [5.74, 6) is 0. The first-order valence-corrected chi connectivity index (χ1v) is 11.7. The molecule has 0 saturated carbocycles. The average Bonchev–Trinajstić information content (AvgIpc) is 3.37. The van der Waals surface area contributed by atoms with Crippen molar-refractivity contribution in [1.29, 1.82) is 0 Å². The van der Waals surface area contributed by atoms with E-state index in [1.807, 2.05) is 30.3 Å². The Balaban J connectivity index is 0.000000468.